The average Bonchev–Trinajstić information content (AvgIpc) is 3.29. The van der Waals surface area contributed by atoms with E-state index in [4.69, 9.17) is 19.2 Å². The number of carbonyl (C=O) groups excluding carboxylic acids is 3. The van der Waals surface area contributed by atoms with Crippen LogP contribution in [0.2, 0.25) is 0 Å². The summed E-state index contributed by atoms with van der Waals surface area (Å²) in [6.07, 6.45) is 1.82. The number of benzene rings is 3. The molecule has 0 aromatic heterocycles. The summed E-state index contributed by atoms with van der Waals surface area (Å²) in [5, 5.41) is 2.13. The van der Waals surface area contributed by atoms with Crippen LogP contribution in [-0.2, 0) is 29.3 Å². The summed E-state index contributed by atoms with van der Waals surface area (Å²) < 4.78 is 39.8. The molecule has 2 aromatic rings. The van der Waals surface area contributed by atoms with E-state index in [1.54, 1.807) is 12.1 Å². The van der Waals surface area contributed by atoms with Crippen LogP contribution < -0.4 is 10.3 Å². The summed E-state index contributed by atoms with van der Waals surface area (Å²) >= 11 is 0. The fraction of sp³-hybridized carbons (Fsp3) is 0.367. The van der Waals surface area contributed by atoms with Crippen molar-refractivity contribution in [3.8, 4) is 11.5 Å². The second kappa shape index (κ2) is 12.5. The normalized spacial score (nSPS) is 14.4. The van der Waals surface area contributed by atoms with E-state index in [1.807, 2.05) is 18.2 Å². The molecule has 0 bridgehead atoms. The molecule has 0 radical (unpaired) electrons. The van der Waals surface area contributed by atoms with Crippen LogP contribution in [0.15, 0.2) is 56.8 Å². The molecule has 1 aliphatic carbocycles. The number of carbonyl (C=O) groups is 3. The quantitative estimate of drug-likeness (QED) is 0.0857. The molecule has 2 aliphatic heterocycles. The van der Waals surface area contributed by atoms with Crippen LogP contribution in [-0.4, -0.2) is 60.4 Å². The molecule has 0 spiro atoms. The van der Waals surface area contributed by atoms with Crippen LogP contribution in [0, 0.1) is 0 Å². The Hall–Kier alpha value is -4.36. The Balaban J connectivity index is 1.40. The highest BCUT2D eigenvalue weighted by atomic mass is 32.2. The summed E-state index contributed by atoms with van der Waals surface area (Å²) in [5.41, 5.74) is 2.78. The third-order valence-electron chi connectivity index (χ3n) is 7.37. The van der Waals surface area contributed by atoms with Crippen molar-refractivity contribution in [1.29, 1.82) is 0 Å². The molecule has 13 heteroatoms. The number of hydrogen-bond donors (Lipinski definition) is 1. The van der Waals surface area contributed by atoms with Crippen molar-refractivity contribution in [2.45, 2.75) is 57.3 Å². The van der Waals surface area contributed by atoms with Crippen molar-refractivity contribution in [3.63, 3.8) is 0 Å². The standard InChI is InChI=1S/C30H32N4O8S/c1-3-33(4-2)19-9-12-23-25(16-19)41-26-18-24(22-17-20(43(38,39)40)10-11-21(22)30(26)32-23)31-15-7-5-6-8-29(37)42-34-27(35)13-14-28(34)36/h9-12,16-18H,3-8,13-15H2,1-2H3,(H,38,39,40)/b31-24-. The highest BCUT2D eigenvalue weighted by molar-refractivity contribution is 7.85. The lowest BCUT2D eigenvalue weighted by Gasteiger charge is -2.21. The fourth-order valence-corrected chi connectivity index (χ4v) is 5.60. The maximum atomic E-state index is 12.0. The number of unbranched alkanes of at least 4 members (excludes halogenated alkanes) is 2. The molecule has 0 saturated carbocycles. The molecular weight excluding hydrogens is 576 g/mol. The largest absolute Gasteiger partial charge is 0.453 e. The third-order valence-corrected chi connectivity index (χ3v) is 8.22. The summed E-state index contributed by atoms with van der Waals surface area (Å²) in [4.78, 5) is 51.6. The van der Waals surface area contributed by atoms with Gasteiger partial charge in [-0.3, -0.25) is 19.1 Å². The minimum absolute atomic E-state index is 0.0414. The van der Waals surface area contributed by atoms with Gasteiger partial charge < -0.3 is 14.2 Å². The highest BCUT2D eigenvalue weighted by Crippen LogP contribution is 2.32. The van der Waals surface area contributed by atoms with E-state index in [-0.39, 0.29) is 24.2 Å². The van der Waals surface area contributed by atoms with E-state index in [9.17, 15) is 27.4 Å². The first-order valence-electron chi connectivity index (χ1n) is 14.2. The minimum Gasteiger partial charge on any atom is -0.453 e. The van der Waals surface area contributed by atoms with Crippen LogP contribution in [0.1, 0.15) is 52.4 Å². The van der Waals surface area contributed by atoms with Crippen LogP contribution in [0.25, 0.3) is 33.3 Å². The zero-order chi connectivity index (χ0) is 30.7. The number of aromatic nitrogens is 1. The van der Waals surface area contributed by atoms with Gasteiger partial charge in [-0.05, 0) is 51.0 Å². The van der Waals surface area contributed by atoms with Gasteiger partial charge >= 0.3 is 5.97 Å². The van der Waals surface area contributed by atoms with Crippen LogP contribution in [0.3, 0.4) is 0 Å². The zero-order valence-electron chi connectivity index (χ0n) is 23.9. The second-order valence-electron chi connectivity index (χ2n) is 10.2. The van der Waals surface area contributed by atoms with Gasteiger partial charge in [0.2, 0.25) is 0 Å². The van der Waals surface area contributed by atoms with Gasteiger partial charge in [0.15, 0.2) is 11.3 Å². The number of fused-ring (bicyclic) bond motifs is 4. The van der Waals surface area contributed by atoms with Gasteiger partial charge in [0.25, 0.3) is 21.9 Å². The number of imide groups is 1. The first kappa shape index (κ1) is 30.1. The number of anilines is 1. The van der Waals surface area contributed by atoms with Crippen molar-refractivity contribution in [2.75, 3.05) is 24.5 Å². The van der Waals surface area contributed by atoms with Gasteiger partial charge in [0, 0.05) is 67.5 Å². The lowest BCUT2D eigenvalue weighted by atomic mass is 10.0. The van der Waals surface area contributed by atoms with Gasteiger partial charge in [-0.25, -0.2) is 9.78 Å². The number of hydroxylamine groups is 2. The Morgan fingerprint density at radius 2 is 1.77 bits per heavy atom. The topological polar surface area (TPSA) is 160 Å². The van der Waals surface area contributed by atoms with E-state index in [1.165, 1.54) is 12.1 Å². The molecule has 3 aliphatic rings. The second-order valence-corrected chi connectivity index (χ2v) is 11.6. The number of amides is 2. The van der Waals surface area contributed by atoms with Gasteiger partial charge in [0.1, 0.15) is 11.2 Å². The van der Waals surface area contributed by atoms with Gasteiger partial charge in [0.05, 0.1) is 10.3 Å². The Bertz CT molecular complexity index is 1850. The number of hydrogen-bond acceptors (Lipinski definition) is 10. The van der Waals surface area contributed by atoms with Crippen LogP contribution in [0.4, 0.5) is 5.69 Å². The van der Waals surface area contributed by atoms with Crippen molar-refractivity contribution in [2.24, 2.45) is 4.99 Å². The zero-order valence-corrected chi connectivity index (χ0v) is 24.7. The fourth-order valence-electron chi connectivity index (χ4n) is 5.09. The first-order chi connectivity index (χ1) is 20.6. The predicted molar refractivity (Wildman–Crippen MR) is 158 cm³/mol. The maximum Gasteiger partial charge on any atom is 0.333 e. The highest BCUT2D eigenvalue weighted by Gasteiger charge is 2.32. The Morgan fingerprint density at radius 3 is 2.47 bits per heavy atom. The summed E-state index contributed by atoms with van der Waals surface area (Å²) in [5.74, 6) is -1.21. The SMILES string of the molecule is CCN(CC)c1ccc2nc3c4ccc(S(=O)(=O)O)cc4/c(=N\CCCCCC(=O)ON4C(=O)CCC4=O)cc-3oc2c1. The van der Waals surface area contributed by atoms with Gasteiger partial charge in [-0.1, -0.05) is 12.5 Å². The lowest BCUT2D eigenvalue weighted by Crippen LogP contribution is -2.31. The number of rotatable bonds is 11. The summed E-state index contributed by atoms with van der Waals surface area (Å²) in [6.45, 7) is 6.20. The molecule has 2 heterocycles. The Labute approximate surface area is 248 Å². The Morgan fingerprint density at radius 1 is 1.02 bits per heavy atom. The lowest BCUT2D eigenvalue weighted by molar-refractivity contribution is -0.197. The molecule has 226 valence electrons. The van der Waals surface area contributed by atoms with Crippen molar-refractivity contribution in [1.82, 2.24) is 10.0 Å². The molecule has 2 aromatic carbocycles. The third kappa shape index (κ3) is 6.52. The molecular formula is C30H32N4O8S. The summed E-state index contributed by atoms with van der Waals surface area (Å²) in [6, 6.07) is 11.8. The molecule has 1 N–H and O–H groups in total. The van der Waals surface area contributed by atoms with Crippen LogP contribution in [0.5, 0.6) is 0 Å². The van der Waals surface area contributed by atoms with E-state index in [2.05, 4.69) is 18.7 Å². The predicted octanol–water partition coefficient (Wildman–Crippen LogP) is 4.25. The summed E-state index contributed by atoms with van der Waals surface area (Å²) in [7, 11) is -4.45. The van der Waals surface area contributed by atoms with Crippen molar-refractivity contribution >= 4 is 55.5 Å². The van der Waals surface area contributed by atoms with E-state index >= 15 is 0 Å². The molecule has 1 fully saturated rings. The Kier molecular flexibility index (Phi) is 8.74. The minimum atomic E-state index is -4.45. The number of nitrogens with zero attached hydrogens (tertiary/aromatic N) is 4. The molecule has 12 nitrogen and oxygen atoms in total. The molecule has 0 unspecified atom stereocenters. The van der Waals surface area contributed by atoms with E-state index in [0.717, 1.165) is 18.8 Å². The molecule has 2 amide bonds. The average molecular weight is 609 g/mol. The monoisotopic (exact) mass is 608 g/mol. The molecule has 5 rings (SSSR count). The smallest absolute Gasteiger partial charge is 0.333 e. The van der Waals surface area contributed by atoms with E-state index in [0.29, 0.717) is 69.6 Å². The van der Waals surface area contributed by atoms with Gasteiger partial charge in [-0.15, -0.1) is 5.06 Å². The van der Waals surface area contributed by atoms with E-state index < -0.39 is 27.9 Å². The van der Waals surface area contributed by atoms with Crippen LogP contribution >= 0.6 is 0 Å². The first-order valence-corrected chi connectivity index (χ1v) is 15.6. The van der Waals surface area contributed by atoms with Gasteiger partial charge in [-0.2, -0.15) is 8.42 Å². The molecule has 43 heavy (non-hydrogen) atoms. The molecule has 1 saturated heterocycles. The maximum absolute atomic E-state index is 12.0. The molecule has 0 atom stereocenters. The van der Waals surface area contributed by atoms with Crippen molar-refractivity contribution < 1.29 is 36.6 Å². The van der Waals surface area contributed by atoms with Crippen molar-refractivity contribution in [3.05, 3.63) is 47.8 Å².